The lowest BCUT2D eigenvalue weighted by atomic mass is 9.90. The summed E-state index contributed by atoms with van der Waals surface area (Å²) in [7, 11) is -0.228. The van der Waals surface area contributed by atoms with Crippen molar-refractivity contribution in [2.45, 2.75) is 13.3 Å². The van der Waals surface area contributed by atoms with Crippen LogP contribution in [0.4, 0.5) is 0 Å². The van der Waals surface area contributed by atoms with Gasteiger partial charge < -0.3 is 10.5 Å². The van der Waals surface area contributed by atoms with Crippen LogP contribution in [0, 0.1) is 5.41 Å². The maximum Gasteiger partial charge on any atom is 0.281 e. The number of likely N-dealkylation sites (N-methyl/N-ethyl adjacent to an activating group) is 1. The molecule has 0 saturated carbocycles. The van der Waals surface area contributed by atoms with Gasteiger partial charge in [-0.25, -0.2) is 0 Å². The second kappa shape index (κ2) is 5.62. The van der Waals surface area contributed by atoms with Crippen LogP contribution in [0.1, 0.15) is 13.3 Å². The van der Waals surface area contributed by atoms with Crippen LogP contribution in [0.15, 0.2) is 0 Å². The van der Waals surface area contributed by atoms with Crippen molar-refractivity contribution in [3.63, 3.8) is 0 Å². The first-order chi connectivity index (χ1) is 7.85. The summed E-state index contributed by atoms with van der Waals surface area (Å²) in [5, 5.41) is 0. The molecule has 1 heterocycles. The molecule has 0 aromatic rings. The third-order valence-electron chi connectivity index (χ3n) is 3.35. The third kappa shape index (κ3) is 3.38. The van der Waals surface area contributed by atoms with Crippen LogP contribution in [0.25, 0.3) is 0 Å². The second-order valence-electron chi connectivity index (χ2n) is 4.92. The number of nitrogens with two attached hydrogens (primary N) is 1. The fraction of sp³-hybridized carbons (Fsp3) is 1.00. The SMILES string of the molecule is COCCN(C)S(=O)(=O)N1CCC(C)(CN)C1. The Hall–Kier alpha value is -0.210. The fourth-order valence-corrected chi connectivity index (χ4v) is 3.37. The van der Waals surface area contributed by atoms with Gasteiger partial charge in [0.2, 0.25) is 0 Å². The summed E-state index contributed by atoms with van der Waals surface area (Å²) in [6, 6.07) is 0. The molecule has 0 spiro atoms. The van der Waals surface area contributed by atoms with E-state index in [-0.39, 0.29) is 5.41 Å². The number of nitrogens with zero attached hydrogens (tertiary/aromatic N) is 2. The predicted molar refractivity (Wildman–Crippen MR) is 66.8 cm³/mol. The minimum absolute atomic E-state index is 0.0881. The summed E-state index contributed by atoms with van der Waals surface area (Å²) < 4.78 is 32.1. The van der Waals surface area contributed by atoms with E-state index in [1.54, 1.807) is 14.2 Å². The van der Waals surface area contributed by atoms with Gasteiger partial charge in [0.1, 0.15) is 0 Å². The van der Waals surface area contributed by atoms with Crippen molar-refractivity contribution in [2.24, 2.45) is 11.1 Å². The van der Waals surface area contributed by atoms with E-state index in [0.717, 1.165) is 6.42 Å². The van der Waals surface area contributed by atoms with Crippen molar-refractivity contribution < 1.29 is 13.2 Å². The average Bonchev–Trinajstić information content (AvgIpc) is 2.70. The summed E-state index contributed by atoms with van der Waals surface area (Å²) in [5.41, 5.74) is 5.59. The van der Waals surface area contributed by atoms with Gasteiger partial charge in [0.25, 0.3) is 10.2 Å². The Bertz CT molecular complexity index is 347. The lowest BCUT2D eigenvalue weighted by Gasteiger charge is -2.26. The molecule has 0 aromatic heterocycles. The Morgan fingerprint density at radius 1 is 1.53 bits per heavy atom. The molecule has 0 aromatic carbocycles. The van der Waals surface area contributed by atoms with Crippen molar-refractivity contribution in [1.29, 1.82) is 0 Å². The van der Waals surface area contributed by atoms with E-state index in [2.05, 4.69) is 0 Å². The Morgan fingerprint density at radius 3 is 2.65 bits per heavy atom. The molecule has 17 heavy (non-hydrogen) atoms. The van der Waals surface area contributed by atoms with Gasteiger partial charge in [-0.3, -0.25) is 0 Å². The quantitative estimate of drug-likeness (QED) is 0.701. The van der Waals surface area contributed by atoms with E-state index >= 15 is 0 Å². The molecule has 1 aliphatic heterocycles. The molecular weight excluding hydrogens is 242 g/mol. The molecule has 0 aliphatic carbocycles. The molecule has 1 fully saturated rings. The van der Waals surface area contributed by atoms with Gasteiger partial charge in [-0.2, -0.15) is 17.0 Å². The number of hydrogen-bond acceptors (Lipinski definition) is 4. The van der Waals surface area contributed by atoms with Crippen LogP contribution in [0.3, 0.4) is 0 Å². The van der Waals surface area contributed by atoms with E-state index in [4.69, 9.17) is 10.5 Å². The van der Waals surface area contributed by atoms with Crippen LogP contribution in [0.5, 0.6) is 0 Å². The maximum absolute atomic E-state index is 12.2. The molecule has 0 bridgehead atoms. The lowest BCUT2D eigenvalue weighted by Crippen LogP contribution is -2.43. The van der Waals surface area contributed by atoms with E-state index in [9.17, 15) is 8.42 Å². The van der Waals surface area contributed by atoms with Crippen LogP contribution in [-0.4, -0.2) is 64.0 Å². The van der Waals surface area contributed by atoms with Gasteiger partial charge in [0, 0.05) is 33.8 Å². The zero-order chi connectivity index (χ0) is 13.1. The molecule has 102 valence electrons. The number of methoxy groups -OCH3 is 1. The van der Waals surface area contributed by atoms with E-state index in [1.165, 1.54) is 8.61 Å². The monoisotopic (exact) mass is 265 g/mol. The zero-order valence-corrected chi connectivity index (χ0v) is 11.7. The first-order valence-corrected chi connectivity index (χ1v) is 7.16. The Labute approximate surface area is 104 Å². The highest BCUT2D eigenvalue weighted by Gasteiger charge is 2.39. The van der Waals surface area contributed by atoms with E-state index in [1.807, 2.05) is 6.92 Å². The number of hydrogen-bond donors (Lipinski definition) is 1. The summed E-state index contributed by atoms with van der Waals surface area (Å²) >= 11 is 0. The van der Waals surface area contributed by atoms with Crippen molar-refractivity contribution in [1.82, 2.24) is 8.61 Å². The predicted octanol–water partition coefficient (Wildman–Crippen LogP) is -0.520. The normalized spacial score (nSPS) is 26.9. The van der Waals surface area contributed by atoms with Crippen LogP contribution >= 0.6 is 0 Å². The molecule has 1 atom stereocenters. The summed E-state index contributed by atoms with van der Waals surface area (Å²) in [5.74, 6) is 0. The van der Waals surface area contributed by atoms with Crippen molar-refractivity contribution in [3.05, 3.63) is 0 Å². The standard InChI is InChI=1S/C10H23N3O3S/c1-10(8-11)4-5-13(9-10)17(14,15)12(2)6-7-16-3/h4-9,11H2,1-3H3. The molecule has 7 heteroatoms. The fourth-order valence-electron chi connectivity index (χ4n) is 1.87. The summed E-state index contributed by atoms with van der Waals surface area (Å²) in [6.45, 7) is 4.36. The minimum Gasteiger partial charge on any atom is -0.383 e. The highest BCUT2D eigenvalue weighted by Crippen LogP contribution is 2.30. The second-order valence-corrected chi connectivity index (χ2v) is 6.96. The molecular formula is C10H23N3O3S. The molecule has 0 radical (unpaired) electrons. The average molecular weight is 265 g/mol. The van der Waals surface area contributed by atoms with Gasteiger partial charge in [-0.1, -0.05) is 6.92 Å². The molecule has 1 saturated heterocycles. The Morgan fingerprint density at radius 2 is 2.18 bits per heavy atom. The zero-order valence-electron chi connectivity index (χ0n) is 10.8. The summed E-state index contributed by atoms with van der Waals surface area (Å²) in [6.07, 6.45) is 0.820. The highest BCUT2D eigenvalue weighted by atomic mass is 32.2. The largest absolute Gasteiger partial charge is 0.383 e. The van der Waals surface area contributed by atoms with Gasteiger partial charge in [-0.05, 0) is 18.4 Å². The van der Waals surface area contributed by atoms with Crippen LogP contribution in [-0.2, 0) is 14.9 Å². The molecule has 6 nitrogen and oxygen atoms in total. The smallest absolute Gasteiger partial charge is 0.281 e. The summed E-state index contributed by atoms with van der Waals surface area (Å²) in [4.78, 5) is 0. The van der Waals surface area contributed by atoms with Crippen molar-refractivity contribution in [2.75, 3.05) is 46.9 Å². The highest BCUT2D eigenvalue weighted by molar-refractivity contribution is 7.86. The topological polar surface area (TPSA) is 75.9 Å². The maximum atomic E-state index is 12.2. The van der Waals surface area contributed by atoms with Gasteiger partial charge >= 0.3 is 0 Å². The third-order valence-corrected chi connectivity index (χ3v) is 5.28. The molecule has 1 aliphatic rings. The molecule has 2 N–H and O–H groups in total. The molecule has 1 unspecified atom stereocenters. The van der Waals surface area contributed by atoms with Crippen molar-refractivity contribution in [3.8, 4) is 0 Å². The molecule has 1 rings (SSSR count). The minimum atomic E-state index is -3.36. The van der Waals surface area contributed by atoms with Crippen molar-refractivity contribution >= 4 is 10.2 Å². The van der Waals surface area contributed by atoms with E-state index in [0.29, 0.717) is 32.8 Å². The Kier molecular flexibility index (Phi) is 4.91. The van der Waals surface area contributed by atoms with Gasteiger partial charge in [0.05, 0.1) is 6.61 Å². The number of ether oxygens (including phenoxy) is 1. The van der Waals surface area contributed by atoms with E-state index < -0.39 is 10.2 Å². The molecule has 0 amide bonds. The lowest BCUT2D eigenvalue weighted by molar-refractivity contribution is 0.182. The first kappa shape index (κ1) is 14.8. The van der Waals surface area contributed by atoms with Gasteiger partial charge in [-0.15, -0.1) is 0 Å². The first-order valence-electron chi connectivity index (χ1n) is 5.76. The van der Waals surface area contributed by atoms with Crippen LogP contribution in [0.2, 0.25) is 0 Å². The van der Waals surface area contributed by atoms with Gasteiger partial charge in [0.15, 0.2) is 0 Å². The Balaban J connectivity index is 2.66. The van der Waals surface area contributed by atoms with Crippen LogP contribution < -0.4 is 5.73 Å². The number of rotatable bonds is 6.